The Morgan fingerprint density at radius 1 is 1.35 bits per heavy atom. The molecule has 1 heterocycles. The lowest BCUT2D eigenvalue weighted by molar-refractivity contribution is 0.214. The lowest BCUT2D eigenvalue weighted by Crippen LogP contribution is -2.29. The van der Waals surface area contributed by atoms with Crippen LogP contribution in [0.25, 0.3) is 0 Å². The SMILES string of the molecule is CCCNCC(C)Oc1ccc(C)nc1CC. The third-order valence-corrected chi connectivity index (χ3v) is 2.59. The number of hydrogen-bond acceptors (Lipinski definition) is 3. The van der Waals surface area contributed by atoms with E-state index in [0.29, 0.717) is 0 Å². The minimum absolute atomic E-state index is 0.177. The first-order valence-electron chi connectivity index (χ1n) is 6.51. The van der Waals surface area contributed by atoms with Crippen LogP contribution in [-0.4, -0.2) is 24.2 Å². The monoisotopic (exact) mass is 236 g/mol. The van der Waals surface area contributed by atoms with Gasteiger partial charge in [0.05, 0.1) is 5.69 Å². The molecule has 0 bridgehead atoms. The van der Waals surface area contributed by atoms with Gasteiger partial charge in [0, 0.05) is 12.2 Å². The molecular formula is C14H24N2O. The number of aryl methyl sites for hydroxylation is 2. The molecule has 0 radical (unpaired) electrons. The molecule has 0 aromatic carbocycles. The molecule has 1 rings (SSSR count). The van der Waals surface area contributed by atoms with E-state index < -0.39 is 0 Å². The van der Waals surface area contributed by atoms with Crippen LogP contribution in [0.3, 0.4) is 0 Å². The average Bonchev–Trinajstić information content (AvgIpc) is 2.32. The van der Waals surface area contributed by atoms with Crippen molar-refractivity contribution in [2.24, 2.45) is 0 Å². The Kier molecular flexibility index (Phi) is 5.98. The van der Waals surface area contributed by atoms with Gasteiger partial charge in [0.2, 0.25) is 0 Å². The van der Waals surface area contributed by atoms with Gasteiger partial charge in [-0.05, 0) is 45.4 Å². The molecule has 96 valence electrons. The van der Waals surface area contributed by atoms with Crippen molar-refractivity contribution in [1.82, 2.24) is 10.3 Å². The average molecular weight is 236 g/mol. The number of nitrogens with one attached hydrogen (secondary N) is 1. The largest absolute Gasteiger partial charge is 0.487 e. The van der Waals surface area contributed by atoms with Gasteiger partial charge in [-0.25, -0.2) is 0 Å². The molecule has 1 atom stereocenters. The van der Waals surface area contributed by atoms with Crippen LogP contribution < -0.4 is 10.1 Å². The Morgan fingerprint density at radius 3 is 2.76 bits per heavy atom. The van der Waals surface area contributed by atoms with E-state index in [-0.39, 0.29) is 6.10 Å². The Labute approximate surface area is 105 Å². The van der Waals surface area contributed by atoms with E-state index in [4.69, 9.17) is 4.74 Å². The second-order valence-electron chi connectivity index (χ2n) is 4.38. The highest BCUT2D eigenvalue weighted by atomic mass is 16.5. The fourth-order valence-corrected chi connectivity index (χ4v) is 1.70. The van der Waals surface area contributed by atoms with Crippen molar-refractivity contribution in [3.8, 4) is 5.75 Å². The summed E-state index contributed by atoms with van der Waals surface area (Å²) >= 11 is 0. The molecule has 1 N–H and O–H groups in total. The third-order valence-electron chi connectivity index (χ3n) is 2.59. The van der Waals surface area contributed by atoms with E-state index in [1.807, 2.05) is 19.1 Å². The van der Waals surface area contributed by atoms with Crippen LogP contribution in [0.4, 0.5) is 0 Å². The lowest BCUT2D eigenvalue weighted by Gasteiger charge is -2.17. The maximum absolute atomic E-state index is 5.91. The maximum atomic E-state index is 5.91. The van der Waals surface area contributed by atoms with Gasteiger partial charge in [-0.15, -0.1) is 0 Å². The minimum Gasteiger partial charge on any atom is -0.487 e. The minimum atomic E-state index is 0.177. The molecule has 17 heavy (non-hydrogen) atoms. The Morgan fingerprint density at radius 2 is 2.12 bits per heavy atom. The zero-order valence-corrected chi connectivity index (χ0v) is 11.4. The standard InChI is InChI=1S/C14H24N2O/c1-5-9-15-10-12(4)17-14-8-7-11(3)16-13(14)6-2/h7-8,12,15H,5-6,9-10H2,1-4H3. The van der Waals surface area contributed by atoms with Gasteiger partial charge in [0.15, 0.2) is 0 Å². The van der Waals surface area contributed by atoms with Crippen molar-refractivity contribution in [2.75, 3.05) is 13.1 Å². The van der Waals surface area contributed by atoms with Gasteiger partial charge in [-0.1, -0.05) is 13.8 Å². The fourth-order valence-electron chi connectivity index (χ4n) is 1.70. The van der Waals surface area contributed by atoms with Crippen LogP contribution in [0.5, 0.6) is 5.75 Å². The van der Waals surface area contributed by atoms with Crippen molar-refractivity contribution >= 4 is 0 Å². The van der Waals surface area contributed by atoms with E-state index in [1.54, 1.807) is 0 Å². The summed E-state index contributed by atoms with van der Waals surface area (Å²) in [6.45, 7) is 10.3. The number of aromatic nitrogens is 1. The molecular weight excluding hydrogens is 212 g/mol. The quantitative estimate of drug-likeness (QED) is 0.739. The zero-order valence-electron chi connectivity index (χ0n) is 11.4. The number of ether oxygens (including phenoxy) is 1. The second kappa shape index (κ2) is 7.28. The molecule has 0 fully saturated rings. The summed E-state index contributed by atoms with van der Waals surface area (Å²) in [6, 6.07) is 4.03. The molecule has 0 saturated heterocycles. The van der Waals surface area contributed by atoms with Crippen molar-refractivity contribution in [1.29, 1.82) is 0 Å². The Hall–Kier alpha value is -1.09. The highest BCUT2D eigenvalue weighted by Crippen LogP contribution is 2.18. The first-order valence-corrected chi connectivity index (χ1v) is 6.51. The molecule has 0 saturated carbocycles. The van der Waals surface area contributed by atoms with E-state index in [0.717, 1.165) is 43.1 Å². The summed E-state index contributed by atoms with van der Waals surface area (Å²) in [5.41, 5.74) is 2.10. The second-order valence-corrected chi connectivity index (χ2v) is 4.38. The predicted octanol–water partition coefficient (Wildman–Crippen LogP) is 2.72. The molecule has 1 unspecified atom stereocenters. The summed E-state index contributed by atoms with van der Waals surface area (Å²) in [6.07, 6.45) is 2.24. The van der Waals surface area contributed by atoms with Gasteiger partial charge in [-0.3, -0.25) is 4.98 Å². The van der Waals surface area contributed by atoms with E-state index in [9.17, 15) is 0 Å². The van der Waals surface area contributed by atoms with Crippen molar-refractivity contribution in [3.63, 3.8) is 0 Å². The lowest BCUT2D eigenvalue weighted by atomic mass is 10.2. The fraction of sp³-hybridized carbons (Fsp3) is 0.643. The first-order chi connectivity index (χ1) is 8.17. The van der Waals surface area contributed by atoms with Crippen LogP contribution >= 0.6 is 0 Å². The van der Waals surface area contributed by atoms with Gasteiger partial charge in [0.25, 0.3) is 0 Å². The molecule has 0 spiro atoms. The normalized spacial score (nSPS) is 12.5. The highest BCUT2D eigenvalue weighted by Gasteiger charge is 2.08. The van der Waals surface area contributed by atoms with E-state index >= 15 is 0 Å². The van der Waals surface area contributed by atoms with Crippen molar-refractivity contribution < 1.29 is 4.74 Å². The molecule has 3 nitrogen and oxygen atoms in total. The van der Waals surface area contributed by atoms with Crippen LogP contribution in [0.2, 0.25) is 0 Å². The number of hydrogen-bond donors (Lipinski definition) is 1. The summed E-state index contributed by atoms with van der Waals surface area (Å²) in [4.78, 5) is 4.50. The van der Waals surface area contributed by atoms with Crippen LogP contribution in [0.15, 0.2) is 12.1 Å². The molecule has 3 heteroatoms. The number of rotatable bonds is 7. The van der Waals surface area contributed by atoms with Crippen molar-refractivity contribution in [2.45, 2.75) is 46.6 Å². The molecule has 0 aliphatic heterocycles. The topological polar surface area (TPSA) is 34.1 Å². The van der Waals surface area contributed by atoms with Crippen LogP contribution in [0, 0.1) is 6.92 Å². The molecule has 0 amide bonds. The Bertz CT molecular complexity index is 339. The Balaban J connectivity index is 2.55. The summed E-state index contributed by atoms with van der Waals surface area (Å²) < 4.78 is 5.91. The predicted molar refractivity (Wildman–Crippen MR) is 71.6 cm³/mol. The van der Waals surface area contributed by atoms with Crippen molar-refractivity contribution in [3.05, 3.63) is 23.5 Å². The third kappa shape index (κ3) is 4.73. The maximum Gasteiger partial charge on any atom is 0.141 e. The van der Waals surface area contributed by atoms with E-state index in [1.165, 1.54) is 0 Å². The zero-order chi connectivity index (χ0) is 12.7. The van der Waals surface area contributed by atoms with E-state index in [2.05, 4.69) is 31.1 Å². The van der Waals surface area contributed by atoms with Gasteiger partial charge in [-0.2, -0.15) is 0 Å². The van der Waals surface area contributed by atoms with Crippen LogP contribution in [0.1, 0.15) is 38.6 Å². The highest BCUT2D eigenvalue weighted by molar-refractivity contribution is 5.29. The van der Waals surface area contributed by atoms with Crippen LogP contribution in [-0.2, 0) is 6.42 Å². The van der Waals surface area contributed by atoms with Gasteiger partial charge >= 0.3 is 0 Å². The summed E-state index contributed by atoms with van der Waals surface area (Å²) in [5, 5.41) is 3.36. The molecule has 0 aliphatic rings. The first kappa shape index (κ1) is 14.0. The molecule has 1 aromatic heterocycles. The number of pyridine rings is 1. The van der Waals surface area contributed by atoms with Gasteiger partial charge < -0.3 is 10.1 Å². The summed E-state index contributed by atoms with van der Waals surface area (Å²) in [5.74, 6) is 0.920. The molecule has 0 aliphatic carbocycles. The number of nitrogens with zero attached hydrogens (tertiary/aromatic N) is 1. The van der Waals surface area contributed by atoms with Gasteiger partial charge in [0.1, 0.15) is 11.9 Å². The smallest absolute Gasteiger partial charge is 0.141 e. The summed E-state index contributed by atoms with van der Waals surface area (Å²) in [7, 11) is 0. The molecule has 1 aromatic rings.